The van der Waals surface area contributed by atoms with Gasteiger partial charge in [-0.3, -0.25) is 0 Å². The lowest BCUT2D eigenvalue weighted by molar-refractivity contribution is 0.242. The fourth-order valence-electron chi connectivity index (χ4n) is 2.63. The summed E-state index contributed by atoms with van der Waals surface area (Å²) in [6, 6.07) is 9.09. The van der Waals surface area contributed by atoms with E-state index in [1.54, 1.807) is 0 Å². The average molecular weight is 277 g/mol. The first-order valence-electron chi connectivity index (χ1n) is 7.95. The summed E-state index contributed by atoms with van der Waals surface area (Å²) < 4.78 is 5.71. The van der Waals surface area contributed by atoms with Crippen LogP contribution in [-0.4, -0.2) is 18.7 Å². The van der Waals surface area contributed by atoms with E-state index in [0.717, 1.165) is 12.3 Å². The van der Waals surface area contributed by atoms with Crippen molar-refractivity contribution < 1.29 is 4.74 Å². The fraction of sp³-hybridized carbons (Fsp3) is 0.667. The third kappa shape index (κ3) is 5.16. The second-order valence-corrected chi connectivity index (χ2v) is 6.25. The first kappa shape index (κ1) is 17.0. The van der Waals surface area contributed by atoms with Gasteiger partial charge in [-0.05, 0) is 56.3 Å². The van der Waals surface area contributed by atoms with Gasteiger partial charge in [0, 0.05) is 6.04 Å². The van der Waals surface area contributed by atoms with Crippen molar-refractivity contribution in [3.8, 4) is 5.75 Å². The van der Waals surface area contributed by atoms with Gasteiger partial charge in [0.1, 0.15) is 5.75 Å². The minimum atomic E-state index is 0.230. The molecule has 0 heterocycles. The number of nitrogens with one attached hydrogen (secondary N) is 1. The smallest absolute Gasteiger partial charge is 0.119 e. The van der Waals surface area contributed by atoms with Crippen molar-refractivity contribution in [3.63, 3.8) is 0 Å². The van der Waals surface area contributed by atoms with Crippen molar-refractivity contribution in [2.24, 2.45) is 5.92 Å². The zero-order valence-corrected chi connectivity index (χ0v) is 13.9. The molecular formula is C18H31NO. The summed E-state index contributed by atoms with van der Waals surface area (Å²) >= 11 is 0. The summed E-state index contributed by atoms with van der Waals surface area (Å²) in [5.41, 5.74) is 1.38. The minimum Gasteiger partial charge on any atom is -0.491 e. The van der Waals surface area contributed by atoms with Crippen molar-refractivity contribution in [2.75, 3.05) is 6.54 Å². The monoisotopic (exact) mass is 277 g/mol. The second kappa shape index (κ2) is 8.31. The second-order valence-electron chi connectivity index (χ2n) is 6.25. The van der Waals surface area contributed by atoms with Gasteiger partial charge in [0.2, 0.25) is 0 Å². The van der Waals surface area contributed by atoms with Gasteiger partial charge in [0.05, 0.1) is 6.10 Å². The van der Waals surface area contributed by atoms with Crippen LogP contribution in [0.25, 0.3) is 0 Å². The Bertz CT molecular complexity index is 370. The number of benzene rings is 1. The Balaban J connectivity index is 2.75. The van der Waals surface area contributed by atoms with Crippen LogP contribution < -0.4 is 10.1 Å². The molecule has 0 amide bonds. The number of hydrogen-bond acceptors (Lipinski definition) is 2. The van der Waals surface area contributed by atoms with Crippen LogP contribution in [0.3, 0.4) is 0 Å². The molecule has 1 rings (SSSR count). The normalized spacial score (nSPS) is 14.6. The van der Waals surface area contributed by atoms with Crippen LogP contribution in [0.15, 0.2) is 24.3 Å². The van der Waals surface area contributed by atoms with Crippen LogP contribution in [0.1, 0.15) is 59.4 Å². The average Bonchev–Trinajstić information content (AvgIpc) is 2.38. The van der Waals surface area contributed by atoms with Gasteiger partial charge in [-0.25, -0.2) is 0 Å². The van der Waals surface area contributed by atoms with E-state index in [1.807, 2.05) is 0 Å². The summed E-state index contributed by atoms with van der Waals surface area (Å²) in [5, 5.41) is 3.68. The number of hydrogen-bond donors (Lipinski definition) is 1. The van der Waals surface area contributed by atoms with Crippen molar-refractivity contribution >= 4 is 0 Å². The molecule has 2 unspecified atom stereocenters. The van der Waals surface area contributed by atoms with Crippen LogP contribution in [-0.2, 0) is 0 Å². The molecule has 1 aromatic carbocycles. The Morgan fingerprint density at radius 3 is 2.05 bits per heavy atom. The van der Waals surface area contributed by atoms with Gasteiger partial charge in [-0.15, -0.1) is 0 Å². The summed E-state index contributed by atoms with van der Waals surface area (Å²) in [4.78, 5) is 0. The van der Waals surface area contributed by atoms with Crippen molar-refractivity contribution in [3.05, 3.63) is 29.8 Å². The van der Waals surface area contributed by atoms with Gasteiger partial charge in [-0.1, -0.05) is 39.8 Å². The zero-order valence-electron chi connectivity index (χ0n) is 13.9. The summed E-state index contributed by atoms with van der Waals surface area (Å²) in [6.45, 7) is 14.3. The highest BCUT2D eigenvalue weighted by molar-refractivity contribution is 5.30. The first-order valence-corrected chi connectivity index (χ1v) is 7.95. The first-order chi connectivity index (χ1) is 9.45. The molecule has 2 heteroatoms. The Hall–Kier alpha value is -1.02. The summed E-state index contributed by atoms with van der Waals surface area (Å²) in [7, 11) is 0. The third-order valence-electron chi connectivity index (χ3n) is 3.66. The van der Waals surface area contributed by atoms with E-state index in [1.165, 1.54) is 12.0 Å². The molecule has 0 bridgehead atoms. The predicted molar refractivity (Wildman–Crippen MR) is 87.5 cm³/mol. The van der Waals surface area contributed by atoms with Crippen LogP contribution in [0.4, 0.5) is 0 Å². The molecule has 0 aromatic heterocycles. The van der Waals surface area contributed by atoms with E-state index in [2.05, 4.69) is 71.1 Å². The molecule has 0 aliphatic rings. The highest BCUT2D eigenvalue weighted by Crippen LogP contribution is 2.26. The maximum Gasteiger partial charge on any atom is 0.119 e. The van der Waals surface area contributed by atoms with Crippen LogP contribution >= 0.6 is 0 Å². The molecule has 0 saturated heterocycles. The SMILES string of the molecule is CCCNC(C(C)C)C(C)c1ccc(OC(C)C)cc1. The minimum absolute atomic E-state index is 0.230. The molecule has 1 aromatic rings. The zero-order chi connectivity index (χ0) is 15.1. The topological polar surface area (TPSA) is 21.3 Å². The van der Waals surface area contributed by atoms with Crippen LogP contribution in [0.2, 0.25) is 0 Å². The highest BCUT2D eigenvalue weighted by atomic mass is 16.5. The van der Waals surface area contributed by atoms with Gasteiger partial charge >= 0.3 is 0 Å². The Labute approximate surface area is 124 Å². The van der Waals surface area contributed by atoms with E-state index in [9.17, 15) is 0 Å². The van der Waals surface area contributed by atoms with Gasteiger partial charge < -0.3 is 10.1 Å². The summed E-state index contributed by atoms with van der Waals surface area (Å²) in [5.74, 6) is 2.09. The van der Waals surface area contributed by atoms with E-state index < -0.39 is 0 Å². The molecule has 114 valence electrons. The van der Waals surface area contributed by atoms with Gasteiger partial charge in [0.25, 0.3) is 0 Å². The highest BCUT2D eigenvalue weighted by Gasteiger charge is 2.21. The van der Waals surface area contributed by atoms with E-state index in [4.69, 9.17) is 4.74 Å². The lowest BCUT2D eigenvalue weighted by Gasteiger charge is -2.29. The molecule has 1 N–H and O–H groups in total. The van der Waals surface area contributed by atoms with E-state index in [-0.39, 0.29) is 6.10 Å². The molecule has 0 spiro atoms. The molecule has 0 aliphatic heterocycles. The molecule has 0 aliphatic carbocycles. The maximum atomic E-state index is 5.71. The summed E-state index contributed by atoms with van der Waals surface area (Å²) in [6.07, 6.45) is 1.41. The van der Waals surface area contributed by atoms with E-state index in [0.29, 0.717) is 17.9 Å². The Kier molecular flexibility index (Phi) is 7.08. The third-order valence-corrected chi connectivity index (χ3v) is 3.66. The van der Waals surface area contributed by atoms with Gasteiger partial charge in [0.15, 0.2) is 0 Å². The Morgan fingerprint density at radius 1 is 1.00 bits per heavy atom. The lowest BCUT2D eigenvalue weighted by atomic mass is 9.86. The molecule has 0 fully saturated rings. The van der Waals surface area contributed by atoms with E-state index >= 15 is 0 Å². The van der Waals surface area contributed by atoms with Gasteiger partial charge in [-0.2, -0.15) is 0 Å². The lowest BCUT2D eigenvalue weighted by Crippen LogP contribution is -2.38. The molecule has 0 saturated carbocycles. The predicted octanol–water partition coefficient (Wildman–Crippen LogP) is 4.60. The molecule has 2 nitrogen and oxygen atoms in total. The van der Waals surface area contributed by atoms with Crippen LogP contribution in [0.5, 0.6) is 5.75 Å². The van der Waals surface area contributed by atoms with Crippen molar-refractivity contribution in [1.82, 2.24) is 5.32 Å². The molecule has 2 atom stereocenters. The van der Waals surface area contributed by atoms with Crippen molar-refractivity contribution in [1.29, 1.82) is 0 Å². The van der Waals surface area contributed by atoms with Crippen molar-refractivity contribution in [2.45, 2.75) is 66.0 Å². The maximum absolute atomic E-state index is 5.71. The Morgan fingerprint density at radius 2 is 1.60 bits per heavy atom. The molecule has 20 heavy (non-hydrogen) atoms. The molecular weight excluding hydrogens is 246 g/mol. The number of ether oxygens (including phenoxy) is 1. The standard InChI is InChI=1S/C18H31NO/c1-7-12-19-18(13(2)3)15(6)16-8-10-17(11-9-16)20-14(4)5/h8-11,13-15,18-19H,7,12H2,1-6H3. The molecule has 0 radical (unpaired) electrons. The van der Waals surface area contributed by atoms with Crippen LogP contribution in [0, 0.1) is 5.92 Å². The fourth-order valence-corrected chi connectivity index (χ4v) is 2.63. The largest absolute Gasteiger partial charge is 0.491 e. The quantitative estimate of drug-likeness (QED) is 0.749. The number of rotatable bonds is 8.